The van der Waals surface area contributed by atoms with Crippen molar-refractivity contribution < 1.29 is 38.1 Å². The minimum atomic E-state index is -1.03. The molecule has 1 heterocycles. The molecule has 3 aromatic rings. The van der Waals surface area contributed by atoms with Gasteiger partial charge in [0.2, 0.25) is 5.91 Å². The number of nitrogens with one attached hydrogen (secondary N) is 1. The number of hydrogen-bond donors (Lipinski definition) is 2. The summed E-state index contributed by atoms with van der Waals surface area (Å²) in [5.41, 5.74) is 1.52. The first-order valence-electron chi connectivity index (χ1n) is 11.9. The normalized spacial score (nSPS) is 14.0. The van der Waals surface area contributed by atoms with Crippen molar-refractivity contribution in [3.8, 4) is 11.5 Å². The molecule has 2 N–H and O–H groups in total. The van der Waals surface area contributed by atoms with Crippen LogP contribution in [0, 0.1) is 5.82 Å². The number of carbonyl (C=O) groups is 4. The van der Waals surface area contributed by atoms with E-state index in [9.17, 15) is 23.6 Å². The summed E-state index contributed by atoms with van der Waals surface area (Å²) in [6.45, 7) is 1.62. The first-order valence-corrected chi connectivity index (χ1v) is 13.1. The van der Waals surface area contributed by atoms with Gasteiger partial charge in [0.05, 0.1) is 22.1 Å². The Morgan fingerprint density at radius 2 is 1.85 bits per heavy atom. The Labute approximate surface area is 237 Å². The number of rotatable bonds is 10. The fraction of sp³-hybridized carbons (Fsp3) is 0.143. The standard InChI is InChI=1S/C28H22ClFN2O7S/c1-2-38-22-11-17(10-21(29)25(22)39-15-16-6-8-18(9-7-16)27(35)36)12-23-26(34)32(28(37)40-23)14-24(33)31-20-5-3-4-19(30)13-20/h3-13H,2,14-15H2,1H3,(H,31,33)(H,35,36)/b23-12+. The summed E-state index contributed by atoms with van der Waals surface area (Å²) >= 11 is 7.15. The van der Waals surface area contributed by atoms with Gasteiger partial charge >= 0.3 is 5.97 Å². The molecule has 1 aliphatic rings. The van der Waals surface area contributed by atoms with Gasteiger partial charge in [0.15, 0.2) is 11.5 Å². The molecule has 12 heteroatoms. The Hall–Kier alpha value is -4.35. The van der Waals surface area contributed by atoms with Crippen LogP contribution in [-0.2, 0) is 16.2 Å². The number of imide groups is 1. The van der Waals surface area contributed by atoms with Gasteiger partial charge in [0.25, 0.3) is 11.1 Å². The van der Waals surface area contributed by atoms with E-state index in [1.807, 2.05) is 0 Å². The molecule has 40 heavy (non-hydrogen) atoms. The van der Waals surface area contributed by atoms with Crippen LogP contribution in [0.4, 0.5) is 14.9 Å². The molecule has 3 aromatic carbocycles. The maximum Gasteiger partial charge on any atom is 0.335 e. The molecule has 0 aliphatic carbocycles. The lowest BCUT2D eigenvalue weighted by Crippen LogP contribution is -2.36. The van der Waals surface area contributed by atoms with Crippen LogP contribution in [0.2, 0.25) is 5.02 Å². The van der Waals surface area contributed by atoms with E-state index < -0.39 is 35.4 Å². The fourth-order valence-corrected chi connectivity index (χ4v) is 4.78. The summed E-state index contributed by atoms with van der Waals surface area (Å²) in [5.74, 6) is -2.33. The highest BCUT2D eigenvalue weighted by Crippen LogP contribution is 2.39. The third-order valence-corrected chi connectivity index (χ3v) is 6.69. The quantitative estimate of drug-likeness (QED) is 0.285. The predicted molar refractivity (Wildman–Crippen MR) is 148 cm³/mol. The van der Waals surface area contributed by atoms with Crippen molar-refractivity contribution in [3.63, 3.8) is 0 Å². The van der Waals surface area contributed by atoms with Gasteiger partial charge in [-0.1, -0.05) is 29.8 Å². The monoisotopic (exact) mass is 584 g/mol. The van der Waals surface area contributed by atoms with Gasteiger partial charge < -0.3 is 19.9 Å². The van der Waals surface area contributed by atoms with Crippen molar-refractivity contribution in [2.45, 2.75) is 13.5 Å². The van der Waals surface area contributed by atoms with Crippen molar-refractivity contribution in [1.82, 2.24) is 4.90 Å². The van der Waals surface area contributed by atoms with E-state index in [4.69, 9.17) is 26.2 Å². The van der Waals surface area contributed by atoms with Gasteiger partial charge in [-0.15, -0.1) is 0 Å². The molecule has 0 saturated carbocycles. The van der Waals surface area contributed by atoms with Crippen LogP contribution >= 0.6 is 23.4 Å². The van der Waals surface area contributed by atoms with E-state index in [2.05, 4.69) is 5.32 Å². The van der Waals surface area contributed by atoms with Crippen LogP contribution < -0.4 is 14.8 Å². The molecule has 4 rings (SSSR count). The molecule has 0 bridgehead atoms. The van der Waals surface area contributed by atoms with E-state index in [0.29, 0.717) is 35.2 Å². The molecule has 0 radical (unpaired) electrons. The number of anilines is 1. The summed E-state index contributed by atoms with van der Waals surface area (Å²) in [5, 5.41) is 11.1. The highest BCUT2D eigenvalue weighted by molar-refractivity contribution is 8.18. The van der Waals surface area contributed by atoms with Crippen LogP contribution in [-0.4, -0.2) is 46.2 Å². The van der Waals surface area contributed by atoms with Gasteiger partial charge in [-0.3, -0.25) is 19.3 Å². The first kappa shape index (κ1) is 28.7. The Bertz CT molecular complexity index is 1510. The van der Waals surface area contributed by atoms with Crippen LogP contribution in [0.3, 0.4) is 0 Å². The maximum absolute atomic E-state index is 13.4. The largest absolute Gasteiger partial charge is 0.490 e. The van der Waals surface area contributed by atoms with Crippen molar-refractivity contribution in [1.29, 1.82) is 0 Å². The molecule has 9 nitrogen and oxygen atoms in total. The van der Waals surface area contributed by atoms with Crippen molar-refractivity contribution in [2.75, 3.05) is 18.5 Å². The third-order valence-electron chi connectivity index (χ3n) is 5.50. The number of thioether (sulfide) groups is 1. The Kier molecular flexibility index (Phi) is 9.08. The van der Waals surface area contributed by atoms with Gasteiger partial charge in [0.1, 0.15) is 19.0 Å². The number of nitrogens with zero attached hydrogens (tertiary/aromatic N) is 1. The molecule has 1 fully saturated rings. The van der Waals surface area contributed by atoms with E-state index in [-0.39, 0.29) is 33.5 Å². The Morgan fingerprint density at radius 3 is 2.52 bits per heavy atom. The van der Waals surface area contributed by atoms with Crippen LogP contribution in [0.15, 0.2) is 65.6 Å². The number of halogens is 2. The Morgan fingerprint density at radius 1 is 1.10 bits per heavy atom. The molecule has 0 atom stereocenters. The molecular weight excluding hydrogens is 563 g/mol. The molecule has 0 unspecified atom stereocenters. The summed E-state index contributed by atoms with van der Waals surface area (Å²) in [7, 11) is 0. The summed E-state index contributed by atoms with van der Waals surface area (Å²) in [6, 6.07) is 14.6. The zero-order chi connectivity index (χ0) is 28.8. The van der Waals surface area contributed by atoms with Crippen LogP contribution in [0.5, 0.6) is 11.5 Å². The van der Waals surface area contributed by atoms with Crippen LogP contribution in [0.1, 0.15) is 28.4 Å². The lowest BCUT2D eigenvalue weighted by Gasteiger charge is -2.15. The smallest absolute Gasteiger partial charge is 0.335 e. The van der Waals surface area contributed by atoms with Gasteiger partial charge in [-0.2, -0.15) is 0 Å². The zero-order valence-corrected chi connectivity index (χ0v) is 22.6. The lowest BCUT2D eigenvalue weighted by atomic mass is 10.1. The average Bonchev–Trinajstić information content (AvgIpc) is 3.15. The van der Waals surface area contributed by atoms with E-state index >= 15 is 0 Å². The lowest BCUT2D eigenvalue weighted by molar-refractivity contribution is -0.127. The van der Waals surface area contributed by atoms with E-state index in [0.717, 1.165) is 11.0 Å². The highest BCUT2D eigenvalue weighted by Gasteiger charge is 2.36. The average molecular weight is 585 g/mol. The number of aromatic carboxylic acids is 1. The second kappa shape index (κ2) is 12.7. The van der Waals surface area contributed by atoms with Crippen LogP contribution in [0.25, 0.3) is 6.08 Å². The summed E-state index contributed by atoms with van der Waals surface area (Å²) in [6.07, 6.45) is 1.46. The molecule has 0 aromatic heterocycles. The molecule has 206 valence electrons. The second-order valence-corrected chi connectivity index (χ2v) is 9.78. The van der Waals surface area contributed by atoms with Crippen molar-refractivity contribution in [2.24, 2.45) is 0 Å². The van der Waals surface area contributed by atoms with Gasteiger partial charge in [-0.05, 0) is 78.4 Å². The topological polar surface area (TPSA) is 122 Å². The Balaban J connectivity index is 1.48. The van der Waals surface area contributed by atoms with Gasteiger partial charge in [-0.25, -0.2) is 9.18 Å². The molecule has 1 saturated heterocycles. The summed E-state index contributed by atoms with van der Waals surface area (Å²) in [4.78, 5) is 49.7. The van der Waals surface area contributed by atoms with E-state index in [1.165, 1.54) is 42.5 Å². The van der Waals surface area contributed by atoms with Crippen molar-refractivity contribution in [3.05, 3.63) is 93.1 Å². The molecule has 1 aliphatic heterocycles. The highest BCUT2D eigenvalue weighted by atomic mass is 35.5. The second-order valence-electron chi connectivity index (χ2n) is 8.38. The minimum absolute atomic E-state index is 0.0780. The minimum Gasteiger partial charge on any atom is -0.490 e. The number of ether oxygens (including phenoxy) is 2. The van der Waals surface area contributed by atoms with Crippen molar-refractivity contribution >= 4 is 58.1 Å². The first-order chi connectivity index (χ1) is 19.1. The van der Waals surface area contributed by atoms with Gasteiger partial charge in [0, 0.05) is 5.69 Å². The molecular formula is C28H22ClFN2O7S. The fourth-order valence-electron chi connectivity index (χ4n) is 3.67. The number of carbonyl (C=O) groups excluding carboxylic acids is 3. The SMILES string of the molecule is CCOc1cc(/C=C2/SC(=O)N(CC(=O)Nc3cccc(F)c3)C2=O)cc(Cl)c1OCc1ccc(C(=O)O)cc1. The van der Waals surface area contributed by atoms with E-state index in [1.54, 1.807) is 25.1 Å². The molecule has 3 amide bonds. The number of amides is 3. The number of carboxylic acid groups (broad SMARTS) is 1. The summed E-state index contributed by atoms with van der Waals surface area (Å²) < 4.78 is 24.9. The zero-order valence-electron chi connectivity index (χ0n) is 21.0. The number of benzene rings is 3. The third kappa shape index (κ3) is 6.99. The number of hydrogen-bond acceptors (Lipinski definition) is 7. The maximum atomic E-state index is 13.4. The molecule has 0 spiro atoms. The number of carboxylic acids is 1. The predicted octanol–water partition coefficient (Wildman–Crippen LogP) is 5.83.